The fraction of sp³-hybridized carbons (Fsp3) is 0.200. The van der Waals surface area contributed by atoms with Crippen LogP contribution in [-0.4, -0.2) is 17.4 Å². The number of halogens is 2. The number of hydrogen-bond donors (Lipinski definition) is 2. The van der Waals surface area contributed by atoms with Gasteiger partial charge in [-0.1, -0.05) is 11.6 Å². The van der Waals surface area contributed by atoms with Crippen LogP contribution in [0.5, 0.6) is 0 Å². The normalized spacial score (nSPS) is 10.3. The summed E-state index contributed by atoms with van der Waals surface area (Å²) in [6, 6.07) is 5.28. The summed E-state index contributed by atoms with van der Waals surface area (Å²) in [6.07, 6.45) is 3.22. The van der Waals surface area contributed by atoms with Crippen molar-refractivity contribution < 1.29 is 4.79 Å². The van der Waals surface area contributed by atoms with E-state index in [1.54, 1.807) is 24.5 Å². The molecular weight excluding hydrogens is 354 g/mol. The number of benzene rings is 1. The van der Waals surface area contributed by atoms with Gasteiger partial charge in [0, 0.05) is 22.2 Å². The summed E-state index contributed by atoms with van der Waals surface area (Å²) >= 11 is 9.53. The Hall–Kier alpha value is -1.59. The molecule has 1 heterocycles. The van der Waals surface area contributed by atoms with Gasteiger partial charge in [0.1, 0.15) is 0 Å². The third-order valence-electron chi connectivity index (χ3n) is 2.93. The molecule has 2 rings (SSSR count). The molecule has 0 atom stereocenters. The fourth-order valence-corrected chi connectivity index (χ4v) is 2.58. The van der Waals surface area contributed by atoms with E-state index >= 15 is 0 Å². The van der Waals surface area contributed by atoms with Gasteiger partial charge in [-0.05, 0) is 53.5 Å². The molecule has 1 amide bonds. The molecule has 0 saturated carbocycles. The van der Waals surface area contributed by atoms with Crippen LogP contribution in [0.25, 0.3) is 0 Å². The first-order valence-electron chi connectivity index (χ1n) is 6.47. The number of aromatic nitrogens is 1. The lowest BCUT2D eigenvalue weighted by Crippen LogP contribution is -2.15. The highest BCUT2D eigenvalue weighted by Gasteiger charge is 2.13. The molecule has 1 aromatic heterocycles. The van der Waals surface area contributed by atoms with E-state index in [0.29, 0.717) is 28.5 Å². The summed E-state index contributed by atoms with van der Waals surface area (Å²) in [5.74, 6) is -0.214. The van der Waals surface area contributed by atoms with E-state index in [2.05, 4.69) is 31.5 Å². The molecule has 6 heteroatoms. The van der Waals surface area contributed by atoms with Gasteiger partial charge in [-0.25, -0.2) is 0 Å². The molecule has 0 fully saturated rings. The predicted octanol–water partition coefficient (Wildman–Crippen LogP) is 4.49. The van der Waals surface area contributed by atoms with E-state index < -0.39 is 0 Å². The van der Waals surface area contributed by atoms with Crippen molar-refractivity contribution in [1.29, 1.82) is 0 Å². The van der Waals surface area contributed by atoms with Gasteiger partial charge in [0.05, 0.1) is 23.1 Å². The minimum absolute atomic E-state index is 0.214. The van der Waals surface area contributed by atoms with E-state index in [9.17, 15) is 4.79 Å². The number of nitrogens with zero attached hydrogens (tertiary/aromatic N) is 1. The van der Waals surface area contributed by atoms with Gasteiger partial charge in [-0.15, -0.1) is 0 Å². The van der Waals surface area contributed by atoms with Crippen molar-refractivity contribution in [3.63, 3.8) is 0 Å². The average Bonchev–Trinajstić information content (AvgIpc) is 2.45. The summed E-state index contributed by atoms with van der Waals surface area (Å²) in [6.45, 7) is 4.59. The lowest BCUT2D eigenvalue weighted by atomic mass is 10.2. The minimum Gasteiger partial charge on any atom is -0.383 e. The molecular formula is C15H15BrClN3O. The number of pyridine rings is 1. The highest BCUT2D eigenvalue weighted by Crippen LogP contribution is 2.29. The van der Waals surface area contributed by atoms with Gasteiger partial charge in [-0.3, -0.25) is 9.78 Å². The molecule has 0 radical (unpaired) electrons. The number of carbonyl (C=O) groups excluding carboxylic acids is 1. The Kier molecular flexibility index (Phi) is 5.20. The largest absolute Gasteiger partial charge is 0.383 e. The molecule has 110 valence electrons. The lowest BCUT2D eigenvalue weighted by molar-refractivity contribution is 0.102. The van der Waals surface area contributed by atoms with Gasteiger partial charge < -0.3 is 10.6 Å². The number of hydrogen-bond acceptors (Lipinski definition) is 3. The maximum Gasteiger partial charge on any atom is 0.257 e. The zero-order valence-electron chi connectivity index (χ0n) is 11.7. The summed E-state index contributed by atoms with van der Waals surface area (Å²) in [4.78, 5) is 16.4. The van der Waals surface area contributed by atoms with E-state index in [1.807, 2.05) is 19.9 Å². The third-order valence-corrected chi connectivity index (χ3v) is 3.99. The topological polar surface area (TPSA) is 54.0 Å². The van der Waals surface area contributed by atoms with Crippen molar-refractivity contribution in [1.82, 2.24) is 4.98 Å². The van der Waals surface area contributed by atoms with Gasteiger partial charge in [0.2, 0.25) is 0 Å². The van der Waals surface area contributed by atoms with Crippen molar-refractivity contribution in [2.24, 2.45) is 0 Å². The molecule has 1 aromatic carbocycles. The first-order chi connectivity index (χ1) is 10.0. The van der Waals surface area contributed by atoms with Crippen molar-refractivity contribution in [3.05, 3.63) is 51.2 Å². The maximum absolute atomic E-state index is 12.4. The zero-order valence-corrected chi connectivity index (χ0v) is 14.0. The molecule has 0 aliphatic rings. The van der Waals surface area contributed by atoms with Crippen molar-refractivity contribution >= 4 is 44.8 Å². The van der Waals surface area contributed by atoms with Crippen LogP contribution in [0.2, 0.25) is 5.02 Å². The molecule has 2 N–H and O–H groups in total. The molecule has 0 aliphatic heterocycles. The Labute approximate surface area is 137 Å². The Morgan fingerprint density at radius 3 is 2.86 bits per heavy atom. The van der Waals surface area contributed by atoms with Crippen molar-refractivity contribution in [3.8, 4) is 0 Å². The Morgan fingerprint density at radius 2 is 2.14 bits per heavy atom. The second-order valence-corrected chi connectivity index (χ2v) is 5.75. The van der Waals surface area contributed by atoms with Gasteiger partial charge in [0.25, 0.3) is 5.91 Å². The fourth-order valence-electron chi connectivity index (χ4n) is 1.86. The first kappa shape index (κ1) is 15.8. The van der Waals surface area contributed by atoms with Crippen molar-refractivity contribution in [2.75, 3.05) is 17.2 Å². The van der Waals surface area contributed by atoms with Crippen LogP contribution in [0, 0.1) is 6.92 Å². The van der Waals surface area contributed by atoms with E-state index in [0.717, 1.165) is 10.0 Å². The Bertz CT molecular complexity index is 676. The van der Waals surface area contributed by atoms with Crippen LogP contribution in [0.3, 0.4) is 0 Å². The molecule has 0 aliphatic carbocycles. The number of carbonyl (C=O) groups is 1. The summed E-state index contributed by atoms with van der Waals surface area (Å²) in [5.41, 5.74) is 2.82. The second kappa shape index (κ2) is 6.91. The molecule has 0 unspecified atom stereocenters. The second-order valence-electron chi connectivity index (χ2n) is 4.49. The van der Waals surface area contributed by atoms with E-state index in [1.165, 1.54) is 0 Å². The van der Waals surface area contributed by atoms with Crippen LogP contribution in [0.4, 0.5) is 11.4 Å². The molecule has 21 heavy (non-hydrogen) atoms. The SMILES string of the molecule is CCNc1cnccc1C(=O)Nc1cc(Cl)c(C)cc1Br. The maximum atomic E-state index is 12.4. The monoisotopic (exact) mass is 367 g/mol. The van der Waals surface area contributed by atoms with Gasteiger partial charge in [0.15, 0.2) is 0 Å². The Balaban J connectivity index is 2.28. The molecule has 2 aromatic rings. The zero-order chi connectivity index (χ0) is 15.4. The van der Waals surface area contributed by atoms with E-state index in [-0.39, 0.29) is 5.91 Å². The summed E-state index contributed by atoms with van der Waals surface area (Å²) in [7, 11) is 0. The molecule has 0 saturated heterocycles. The van der Waals surface area contributed by atoms with Crippen LogP contribution >= 0.6 is 27.5 Å². The quantitative estimate of drug-likeness (QED) is 0.836. The molecule has 4 nitrogen and oxygen atoms in total. The van der Waals surface area contributed by atoms with Crippen LogP contribution in [-0.2, 0) is 0 Å². The summed E-state index contributed by atoms with van der Waals surface area (Å²) in [5, 5.41) is 6.58. The smallest absolute Gasteiger partial charge is 0.257 e. The van der Waals surface area contributed by atoms with Crippen LogP contribution < -0.4 is 10.6 Å². The third kappa shape index (κ3) is 3.74. The number of anilines is 2. The molecule has 0 spiro atoms. The number of nitrogens with one attached hydrogen (secondary N) is 2. The molecule has 0 bridgehead atoms. The van der Waals surface area contributed by atoms with Gasteiger partial charge >= 0.3 is 0 Å². The number of aryl methyl sites for hydroxylation is 1. The van der Waals surface area contributed by atoms with Crippen LogP contribution in [0.1, 0.15) is 22.8 Å². The average molecular weight is 369 g/mol. The number of amides is 1. The number of rotatable bonds is 4. The lowest BCUT2D eigenvalue weighted by Gasteiger charge is -2.12. The highest BCUT2D eigenvalue weighted by atomic mass is 79.9. The van der Waals surface area contributed by atoms with E-state index in [4.69, 9.17) is 11.6 Å². The Morgan fingerprint density at radius 1 is 1.38 bits per heavy atom. The van der Waals surface area contributed by atoms with Gasteiger partial charge in [-0.2, -0.15) is 0 Å². The first-order valence-corrected chi connectivity index (χ1v) is 7.65. The highest BCUT2D eigenvalue weighted by molar-refractivity contribution is 9.10. The van der Waals surface area contributed by atoms with Crippen molar-refractivity contribution in [2.45, 2.75) is 13.8 Å². The summed E-state index contributed by atoms with van der Waals surface area (Å²) < 4.78 is 0.789. The van der Waals surface area contributed by atoms with Crippen LogP contribution in [0.15, 0.2) is 35.1 Å². The predicted molar refractivity (Wildman–Crippen MR) is 90.2 cm³/mol. The minimum atomic E-state index is -0.214. The standard InChI is InChI=1S/C15H15BrClN3O/c1-3-19-14-8-18-5-4-10(14)15(21)20-13-7-12(17)9(2)6-11(13)16/h4-8,19H,3H2,1-2H3,(H,20,21).